The molecular weight excluding hydrogens is 284 g/mol. The Morgan fingerprint density at radius 2 is 1.50 bits per heavy atom. The minimum Gasteiger partial charge on any atom is -0.504 e. The first-order chi connectivity index (χ1) is 10.5. The molecule has 2 heterocycles. The first-order valence-electron chi connectivity index (χ1n) is 6.61. The Hall–Kier alpha value is -3.28. The van der Waals surface area contributed by atoms with Crippen LogP contribution in [-0.2, 0) is 0 Å². The van der Waals surface area contributed by atoms with Gasteiger partial charge in [0.2, 0.25) is 0 Å². The Bertz CT molecular complexity index is 991. The van der Waals surface area contributed by atoms with Crippen molar-refractivity contribution in [1.29, 1.82) is 0 Å². The molecule has 6 nitrogen and oxygen atoms in total. The van der Waals surface area contributed by atoms with Crippen molar-refractivity contribution in [2.75, 3.05) is 0 Å². The quantitative estimate of drug-likeness (QED) is 0.303. The van der Waals surface area contributed by atoms with E-state index in [0.29, 0.717) is 27.7 Å². The van der Waals surface area contributed by atoms with Crippen LogP contribution in [0, 0.1) is 0 Å². The van der Waals surface area contributed by atoms with Crippen molar-refractivity contribution >= 4 is 21.8 Å². The average Bonchev–Trinajstić information content (AvgIpc) is 3.07. The molecule has 0 saturated heterocycles. The molecule has 110 valence electrons. The van der Waals surface area contributed by atoms with E-state index in [0.717, 1.165) is 5.39 Å². The molecule has 6 N–H and O–H groups in total. The van der Waals surface area contributed by atoms with Crippen molar-refractivity contribution in [2.45, 2.75) is 0 Å². The van der Waals surface area contributed by atoms with Gasteiger partial charge in [0.25, 0.3) is 0 Å². The van der Waals surface area contributed by atoms with Crippen molar-refractivity contribution in [2.24, 2.45) is 0 Å². The molecule has 0 aliphatic rings. The predicted molar refractivity (Wildman–Crippen MR) is 82.3 cm³/mol. The summed E-state index contributed by atoms with van der Waals surface area (Å²) >= 11 is 0. The lowest BCUT2D eigenvalue weighted by atomic mass is 10.0. The number of nitrogens with one attached hydrogen (secondary N) is 2. The summed E-state index contributed by atoms with van der Waals surface area (Å²) in [4.78, 5) is 6.06. The minimum atomic E-state index is -0.230. The van der Waals surface area contributed by atoms with Crippen molar-refractivity contribution in [3.05, 3.63) is 36.5 Å². The molecule has 0 atom stereocenters. The molecule has 0 bridgehead atoms. The summed E-state index contributed by atoms with van der Waals surface area (Å²) < 4.78 is 0. The van der Waals surface area contributed by atoms with Crippen LogP contribution in [0.2, 0.25) is 0 Å². The second-order valence-corrected chi connectivity index (χ2v) is 5.17. The normalized spacial score (nSPS) is 11.5. The van der Waals surface area contributed by atoms with Gasteiger partial charge in [0.1, 0.15) is 0 Å². The molecule has 6 heteroatoms. The van der Waals surface area contributed by atoms with Gasteiger partial charge in [-0.1, -0.05) is 0 Å². The van der Waals surface area contributed by atoms with Gasteiger partial charge in [-0.2, -0.15) is 0 Å². The highest BCUT2D eigenvalue weighted by Gasteiger charge is 2.17. The van der Waals surface area contributed by atoms with Crippen LogP contribution in [0.1, 0.15) is 0 Å². The third-order valence-corrected chi connectivity index (χ3v) is 3.79. The summed E-state index contributed by atoms with van der Waals surface area (Å²) in [5.41, 5.74) is 2.32. The maximum Gasteiger partial charge on any atom is 0.167 e. The van der Waals surface area contributed by atoms with Gasteiger partial charge in [-0.25, -0.2) is 0 Å². The highest BCUT2D eigenvalue weighted by molar-refractivity contribution is 6.02. The maximum absolute atomic E-state index is 10.2. The Labute approximate surface area is 123 Å². The number of fused-ring (bicyclic) bond motifs is 2. The average molecular weight is 296 g/mol. The minimum absolute atomic E-state index is 0.218. The Balaban J connectivity index is 2.06. The number of aromatic amines is 2. The third kappa shape index (κ3) is 1.61. The fourth-order valence-electron chi connectivity index (χ4n) is 2.75. The van der Waals surface area contributed by atoms with Crippen LogP contribution in [0.5, 0.6) is 23.0 Å². The number of hydrogen-bond donors (Lipinski definition) is 6. The van der Waals surface area contributed by atoms with E-state index in [-0.39, 0.29) is 23.0 Å². The van der Waals surface area contributed by atoms with Gasteiger partial charge < -0.3 is 30.4 Å². The maximum atomic E-state index is 10.2. The molecule has 4 aromatic rings. The number of phenols is 4. The lowest BCUT2D eigenvalue weighted by molar-refractivity contribution is 0.405. The van der Waals surface area contributed by atoms with E-state index in [1.807, 2.05) is 0 Å². The highest BCUT2D eigenvalue weighted by Crippen LogP contribution is 2.43. The Morgan fingerprint density at radius 3 is 2.32 bits per heavy atom. The van der Waals surface area contributed by atoms with Crippen LogP contribution in [0.25, 0.3) is 33.1 Å². The predicted octanol–water partition coefficient (Wildman–Crippen LogP) is 3.14. The molecule has 0 fully saturated rings. The summed E-state index contributed by atoms with van der Waals surface area (Å²) in [5, 5.41) is 40.7. The zero-order valence-corrected chi connectivity index (χ0v) is 11.3. The highest BCUT2D eigenvalue weighted by atomic mass is 16.3. The Kier molecular flexibility index (Phi) is 2.33. The number of aromatic hydroxyl groups is 4. The first kappa shape index (κ1) is 12.5. The smallest absolute Gasteiger partial charge is 0.167 e. The van der Waals surface area contributed by atoms with Gasteiger partial charge in [-0.3, -0.25) is 0 Å². The van der Waals surface area contributed by atoms with E-state index in [2.05, 4.69) is 9.97 Å². The molecule has 4 rings (SSSR count). The topological polar surface area (TPSA) is 112 Å². The zero-order valence-electron chi connectivity index (χ0n) is 11.3. The number of phenolic OH excluding ortho intramolecular Hbond substituents is 4. The van der Waals surface area contributed by atoms with Crippen molar-refractivity contribution in [3.8, 4) is 34.3 Å². The molecule has 0 saturated carbocycles. The van der Waals surface area contributed by atoms with Gasteiger partial charge >= 0.3 is 0 Å². The number of benzene rings is 2. The molecule has 0 aliphatic heterocycles. The number of rotatable bonds is 1. The van der Waals surface area contributed by atoms with Crippen LogP contribution in [0.15, 0.2) is 36.5 Å². The van der Waals surface area contributed by atoms with E-state index in [4.69, 9.17) is 0 Å². The Morgan fingerprint density at radius 1 is 0.773 bits per heavy atom. The van der Waals surface area contributed by atoms with E-state index < -0.39 is 0 Å². The van der Waals surface area contributed by atoms with Crippen molar-refractivity contribution in [1.82, 2.24) is 9.97 Å². The van der Waals surface area contributed by atoms with Crippen LogP contribution in [0.4, 0.5) is 0 Å². The lowest BCUT2D eigenvalue weighted by Crippen LogP contribution is -1.82. The number of H-pyrrole nitrogens is 2. The fourth-order valence-corrected chi connectivity index (χ4v) is 2.75. The number of aromatic nitrogens is 2. The SMILES string of the molecule is Oc1cc2cc(-c3c(O)c(O)cc4[nH]ccc34)[nH]c2cc1O. The summed E-state index contributed by atoms with van der Waals surface area (Å²) in [5.74, 6) is -0.904. The molecule has 22 heavy (non-hydrogen) atoms. The van der Waals surface area contributed by atoms with Crippen LogP contribution in [0.3, 0.4) is 0 Å². The first-order valence-corrected chi connectivity index (χ1v) is 6.61. The molecule has 0 spiro atoms. The van der Waals surface area contributed by atoms with E-state index in [1.54, 1.807) is 18.3 Å². The second-order valence-electron chi connectivity index (χ2n) is 5.17. The van der Waals surface area contributed by atoms with Crippen molar-refractivity contribution in [3.63, 3.8) is 0 Å². The van der Waals surface area contributed by atoms with Crippen LogP contribution < -0.4 is 0 Å². The lowest BCUT2D eigenvalue weighted by Gasteiger charge is -2.06. The van der Waals surface area contributed by atoms with E-state index in [1.165, 1.54) is 18.2 Å². The molecular formula is C16H12N2O4. The molecule has 0 unspecified atom stereocenters. The monoisotopic (exact) mass is 296 g/mol. The van der Waals surface area contributed by atoms with Crippen molar-refractivity contribution < 1.29 is 20.4 Å². The molecule has 0 amide bonds. The van der Waals surface area contributed by atoms with E-state index >= 15 is 0 Å². The fraction of sp³-hybridized carbons (Fsp3) is 0. The number of hydrogen-bond acceptors (Lipinski definition) is 4. The zero-order chi connectivity index (χ0) is 15.4. The van der Waals surface area contributed by atoms with Gasteiger partial charge in [0.05, 0.1) is 16.8 Å². The third-order valence-electron chi connectivity index (χ3n) is 3.79. The standard InChI is InChI=1S/C16H12N2O4/c19-12-4-7-3-11(18-9(7)5-13(12)20)15-8-1-2-17-10(8)6-14(21)16(15)22/h1-6,17-22H. The largest absolute Gasteiger partial charge is 0.504 e. The molecule has 2 aromatic heterocycles. The molecule has 0 radical (unpaired) electrons. The van der Waals surface area contributed by atoms with Gasteiger partial charge in [-0.15, -0.1) is 0 Å². The summed E-state index contributed by atoms with van der Waals surface area (Å²) in [6.07, 6.45) is 1.72. The molecule has 2 aromatic carbocycles. The summed E-state index contributed by atoms with van der Waals surface area (Å²) in [6.45, 7) is 0. The van der Waals surface area contributed by atoms with Gasteiger partial charge in [0.15, 0.2) is 23.0 Å². The van der Waals surface area contributed by atoms with Crippen LogP contribution >= 0.6 is 0 Å². The van der Waals surface area contributed by atoms with Crippen LogP contribution in [-0.4, -0.2) is 30.4 Å². The summed E-state index contributed by atoms with van der Waals surface area (Å²) in [6, 6.07) is 7.81. The second kappa shape index (κ2) is 4.11. The summed E-state index contributed by atoms with van der Waals surface area (Å²) in [7, 11) is 0. The van der Waals surface area contributed by atoms with Gasteiger partial charge in [-0.05, 0) is 18.2 Å². The van der Waals surface area contributed by atoms with Gasteiger partial charge in [0, 0.05) is 34.6 Å². The molecule has 0 aliphatic carbocycles. The van der Waals surface area contributed by atoms with E-state index in [9.17, 15) is 20.4 Å².